The maximum atomic E-state index is 13.4. The summed E-state index contributed by atoms with van der Waals surface area (Å²) < 4.78 is 29.8. The van der Waals surface area contributed by atoms with Crippen LogP contribution in [0.3, 0.4) is 0 Å². The van der Waals surface area contributed by atoms with Crippen molar-refractivity contribution in [2.24, 2.45) is 0 Å². The lowest BCUT2D eigenvalue weighted by atomic mass is 10.1. The quantitative estimate of drug-likeness (QED) is 0.384. The van der Waals surface area contributed by atoms with Crippen molar-refractivity contribution in [1.29, 1.82) is 0 Å². The average molecular weight is 464 g/mol. The summed E-state index contributed by atoms with van der Waals surface area (Å²) in [4.78, 5) is 25.2. The Morgan fingerprint density at radius 3 is 2.39 bits per heavy atom. The fraction of sp³-hybridized carbons (Fsp3) is 0.125. The van der Waals surface area contributed by atoms with Gasteiger partial charge in [-0.1, -0.05) is 36.4 Å². The van der Waals surface area contributed by atoms with Gasteiger partial charge >= 0.3 is 0 Å². The molecule has 0 N–H and O–H groups in total. The molecule has 33 heavy (non-hydrogen) atoms. The normalized spacial score (nSPS) is 16.3. The van der Waals surface area contributed by atoms with Crippen molar-refractivity contribution in [3.8, 4) is 5.75 Å². The number of hydrogen-bond acceptors (Lipinski definition) is 6. The van der Waals surface area contributed by atoms with Crippen LogP contribution >= 0.6 is 0 Å². The Balaban J connectivity index is 1.61. The molecular formula is C24H20N2O6S. The second kappa shape index (κ2) is 9.25. The predicted octanol–water partition coefficient (Wildman–Crippen LogP) is 4.13. The minimum absolute atomic E-state index is 0.0892. The largest absolute Gasteiger partial charge is 0.489 e. The molecule has 9 heteroatoms. The summed E-state index contributed by atoms with van der Waals surface area (Å²) >= 11 is 0. The van der Waals surface area contributed by atoms with Gasteiger partial charge in [-0.05, 0) is 42.0 Å². The first kappa shape index (κ1) is 22.2. The summed E-state index contributed by atoms with van der Waals surface area (Å²) in [5, 5.41) is 12.2. The Kier molecular flexibility index (Phi) is 6.23. The fourth-order valence-electron chi connectivity index (χ4n) is 3.51. The number of amides is 1. The summed E-state index contributed by atoms with van der Waals surface area (Å²) in [7, 11) is -3.44. The number of anilines is 1. The lowest BCUT2D eigenvalue weighted by molar-refractivity contribution is -0.384. The molecule has 0 fully saturated rings. The fourth-order valence-corrected chi connectivity index (χ4v) is 4.78. The summed E-state index contributed by atoms with van der Waals surface area (Å²) in [5.74, 6) is -0.219. The minimum atomic E-state index is -3.44. The SMILES string of the molecule is O=C(c1cccc([N+](=O)[O-])c1)N(c1ccc(OCc2ccccc2)cc1)C1C=CS(=O)(=O)C1. The number of hydrogen-bond donors (Lipinski definition) is 0. The van der Waals surface area contributed by atoms with Crippen molar-refractivity contribution in [2.75, 3.05) is 10.7 Å². The molecule has 4 rings (SSSR count). The van der Waals surface area contributed by atoms with Crippen LogP contribution in [0, 0.1) is 10.1 Å². The molecule has 0 saturated carbocycles. The van der Waals surface area contributed by atoms with E-state index in [0.29, 0.717) is 18.0 Å². The monoisotopic (exact) mass is 464 g/mol. The van der Waals surface area contributed by atoms with E-state index in [1.807, 2.05) is 30.3 Å². The van der Waals surface area contributed by atoms with Gasteiger partial charge in [0.15, 0.2) is 9.84 Å². The van der Waals surface area contributed by atoms with Crippen molar-refractivity contribution in [1.82, 2.24) is 0 Å². The number of nitro groups is 1. The van der Waals surface area contributed by atoms with E-state index in [2.05, 4.69) is 0 Å². The van der Waals surface area contributed by atoms with E-state index < -0.39 is 26.7 Å². The molecule has 168 valence electrons. The highest BCUT2D eigenvalue weighted by Crippen LogP contribution is 2.28. The van der Waals surface area contributed by atoms with Crippen LogP contribution in [0.25, 0.3) is 0 Å². The number of non-ortho nitro benzene ring substituents is 1. The molecule has 3 aromatic carbocycles. The Bertz CT molecular complexity index is 1300. The van der Waals surface area contributed by atoms with Crippen molar-refractivity contribution < 1.29 is 22.9 Å². The zero-order valence-corrected chi connectivity index (χ0v) is 18.2. The second-order valence-electron chi connectivity index (χ2n) is 7.48. The molecule has 3 aromatic rings. The van der Waals surface area contributed by atoms with Gasteiger partial charge in [-0.15, -0.1) is 0 Å². The molecule has 0 bridgehead atoms. The lowest BCUT2D eigenvalue weighted by Gasteiger charge is -2.28. The maximum Gasteiger partial charge on any atom is 0.270 e. The zero-order chi connectivity index (χ0) is 23.4. The summed E-state index contributed by atoms with van der Waals surface area (Å²) in [6.07, 6.45) is 1.45. The van der Waals surface area contributed by atoms with Gasteiger partial charge < -0.3 is 9.64 Å². The van der Waals surface area contributed by atoms with E-state index in [0.717, 1.165) is 11.0 Å². The first-order valence-corrected chi connectivity index (χ1v) is 11.8. The van der Waals surface area contributed by atoms with Crippen molar-refractivity contribution in [2.45, 2.75) is 12.6 Å². The number of sulfone groups is 1. The summed E-state index contributed by atoms with van der Waals surface area (Å²) in [6.45, 7) is 0.375. The van der Waals surface area contributed by atoms with Crippen LogP contribution in [0.5, 0.6) is 5.75 Å². The van der Waals surface area contributed by atoms with E-state index in [1.54, 1.807) is 24.3 Å². The van der Waals surface area contributed by atoms with E-state index in [-0.39, 0.29) is 17.0 Å². The molecule has 1 aliphatic rings. The van der Waals surface area contributed by atoms with Crippen LogP contribution in [0.4, 0.5) is 11.4 Å². The Morgan fingerprint density at radius 1 is 1.03 bits per heavy atom. The van der Waals surface area contributed by atoms with Gasteiger partial charge in [0, 0.05) is 28.8 Å². The third-order valence-electron chi connectivity index (χ3n) is 5.13. The van der Waals surface area contributed by atoms with Gasteiger partial charge in [0.25, 0.3) is 11.6 Å². The van der Waals surface area contributed by atoms with E-state index in [4.69, 9.17) is 4.74 Å². The minimum Gasteiger partial charge on any atom is -0.489 e. The highest BCUT2D eigenvalue weighted by molar-refractivity contribution is 7.94. The van der Waals surface area contributed by atoms with Crippen LogP contribution in [0.1, 0.15) is 15.9 Å². The molecule has 0 radical (unpaired) electrons. The first-order valence-electron chi connectivity index (χ1n) is 10.1. The predicted molar refractivity (Wildman–Crippen MR) is 124 cm³/mol. The molecule has 0 aliphatic carbocycles. The molecule has 1 unspecified atom stereocenters. The summed E-state index contributed by atoms with van der Waals surface area (Å²) in [6, 6.07) is 21.0. The standard InChI is InChI=1S/C24H20N2O6S/c27-24(19-7-4-8-21(15-19)26(28)29)25(22-13-14-33(30,31)17-22)20-9-11-23(12-10-20)32-16-18-5-2-1-3-6-18/h1-15,22H,16-17H2. The number of carbonyl (C=O) groups is 1. The van der Waals surface area contributed by atoms with Crippen molar-refractivity contribution in [3.63, 3.8) is 0 Å². The van der Waals surface area contributed by atoms with Gasteiger partial charge in [0.1, 0.15) is 12.4 Å². The first-order chi connectivity index (χ1) is 15.8. The van der Waals surface area contributed by atoms with Gasteiger partial charge in [-0.2, -0.15) is 0 Å². The molecule has 0 aromatic heterocycles. The Morgan fingerprint density at radius 2 is 1.76 bits per heavy atom. The Labute approximate surface area is 190 Å². The number of benzene rings is 3. The number of carbonyl (C=O) groups excluding carboxylic acids is 1. The third-order valence-corrected chi connectivity index (χ3v) is 6.51. The smallest absolute Gasteiger partial charge is 0.270 e. The van der Waals surface area contributed by atoms with Crippen LogP contribution in [-0.4, -0.2) is 31.0 Å². The van der Waals surface area contributed by atoms with E-state index in [1.165, 1.54) is 35.2 Å². The number of nitro benzene ring substituents is 1. The molecule has 0 spiro atoms. The van der Waals surface area contributed by atoms with Gasteiger partial charge in [0.05, 0.1) is 16.7 Å². The maximum absolute atomic E-state index is 13.4. The molecular weight excluding hydrogens is 444 g/mol. The second-order valence-corrected chi connectivity index (χ2v) is 9.41. The molecule has 1 amide bonds. The van der Waals surface area contributed by atoms with Gasteiger partial charge in [0.2, 0.25) is 0 Å². The molecule has 0 saturated heterocycles. The molecule has 8 nitrogen and oxygen atoms in total. The molecule has 1 atom stereocenters. The summed E-state index contributed by atoms with van der Waals surface area (Å²) in [5.41, 5.74) is 1.32. The highest BCUT2D eigenvalue weighted by Gasteiger charge is 2.32. The zero-order valence-electron chi connectivity index (χ0n) is 17.4. The molecule has 1 aliphatic heterocycles. The Hall–Kier alpha value is -3.98. The number of nitrogens with zero attached hydrogens (tertiary/aromatic N) is 2. The topological polar surface area (TPSA) is 107 Å². The number of rotatable bonds is 7. The van der Waals surface area contributed by atoms with E-state index >= 15 is 0 Å². The third kappa shape index (κ3) is 5.27. The number of ether oxygens (including phenoxy) is 1. The van der Waals surface area contributed by atoms with Gasteiger partial charge in [-0.25, -0.2) is 8.42 Å². The van der Waals surface area contributed by atoms with Crippen molar-refractivity contribution >= 4 is 27.1 Å². The van der Waals surface area contributed by atoms with Crippen LogP contribution in [-0.2, 0) is 16.4 Å². The average Bonchev–Trinajstić information content (AvgIpc) is 3.18. The van der Waals surface area contributed by atoms with Crippen LogP contribution in [0.15, 0.2) is 90.3 Å². The molecule has 1 heterocycles. The lowest BCUT2D eigenvalue weighted by Crippen LogP contribution is -2.41. The van der Waals surface area contributed by atoms with E-state index in [9.17, 15) is 23.3 Å². The van der Waals surface area contributed by atoms with Crippen LogP contribution < -0.4 is 9.64 Å². The highest BCUT2D eigenvalue weighted by atomic mass is 32.2. The van der Waals surface area contributed by atoms with Gasteiger partial charge in [-0.3, -0.25) is 14.9 Å². The van der Waals surface area contributed by atoms with Crippen molar-refractivity contribution in [3.05, 3.63) is 112 Å². The van der Waals surface area contributed by atoms with Crippen LogP contribution in [0.2, 0.25) is 0 Å².